The van der Waals surface area contributed by atoms with Crippen LogP contribution in [0.2, 0.25) is 0 Å². The highest BCUT2D eigenvalue weighted by Crippen LogP contribution is 2.56. The lowest BCUT2D eigenvalue weighted by atomic mass is 9.59. The molecule has 2 heterocycles. The van der Waals surface area contributed by atoms with Crippen molar-refractivity contribution in [2.45, 2.75) is 56.6 Å². The van der Waals surface area contributed by atoms with Crippen LogP contribution in [-0.4, -0.2) is 40.6 Å². The van der Waals surface area contributed by atoms with Crippen molar-refractivity contribution in [1.29, 1.82) is 0 Å². The Labute approximate surface area is 147 Å². The predicted molar refractivity (Wildman–Crippen MR) is 90.5 cm³/mol. The number of ether oxygens (including phenoxy) is 1. The van der Waals surface area contributed by atoms with Crippen molar-refractivity contribution in [3.05, 3.63) is 12.2 Å². The summed E-state index contributed by atoms with van der Waals surface area (Å²) < 4.78 is 5.57. The van der Waals surface area contributed by atoms with E-state index in [0.717, 1.165) is 19.3 Å². The molecule has 2 saturated heterocycles. The van der Waals surface area contributed by atoms with Gasteiger partial charge in [0.15, 0.2) is 11.1 Å². The average Bonchev–Trinajstić information content (AvgIpc) is 2.75. The summed E-state index contributed by atoms with van der Waals surface area (Å²) in [5, 5.41) is 12.3. The normalized spacial score (nSPS) is 39.0. The Morgan fingerprint density at radius 1 is 1.50 bits per heavy atom. The summed E-state index contributed by atoms with van der Waals surface area (Å²) in [6, 6.07) is 0. The molecule has 2 unspecified atom stereocenters. The molecule has 2 N–H and O–H groups in total. The number of carbonyl (C=O) groups is 2. The van der Waals surface area contributed by atoms with Crippen LogP contribution in [0.15, 0.2) is 12.2 Å². The number of hydrogen-bond acceptors (Lipinski definition) is 4. The number of alkyl halides is 1. The summed E-state index contributed by atoms with van der Waals surface area (Å²) >= 11 is 5.87. The summed E-state index contributed by atoms with van der Waals surface area (Å²) in [6.07, 6.45) is 9.25. The van der Waals surface area contributed by atoms with Crippen molar-refractivity contribution in [3.8, 4) is 0 Å². The smallest absolute Gasteiger partial charge is 0.337 e. The lowest BCUT2D eigenvalue weighted by Crippen LogP contribution is -2.78. The Kier molecular flexibility index (Phi) is 4.94. The highest BCUT2D eigenvalue weighted by Gasteiger charge is 2.78. The standard InChI is InChI=1S/C18H26ClNO4/c1-17-14(9-10-19)15(22)20-18(17,16(23)24-17)13(8-5-11-21)12-6-3-2-4-7-12/h3,6,12-14,21H,2,4-5,7-11H2,1H3,(H,20,22)/t12?,13?,14-,17-,18-/m1/s1. The number of aliphatic hydroxyl groups excluding tert-OH is 1. The molecule has 0 radical (unpaired) electrons. The van der Waals surface area contributed by atoms with Crippen LogP contribution in [0.3, 0.4) is 0 Å². The molecule has 134 valence electrons. The molecule has 0 aromatic rings. The van der Waals surface area contributed by atoms with Crippen molar-refractivity contribution < 1.29 is 19.4 Å². The average molecular weight is 356 g/mol. The van der Waals surface area contributed by atoms with Gasteiger partial charge >= 0.3 is 5.97 Å². The van der Waals surface area contributed by atoms with Gasteiger partial charge in [-0.2, -0.15) is 0 Å². The number of carbonyl (C=O) groups excluding carboxylic acids is 2. The molecule has 3 rings (SSSR count). The number of allylic oxidation sites excluding steroid dienone is 2. The minimum Gasteiger partial charge on any atom is -0.453 e. The van der Waals surface area contributed by atoms with Crippen LogP contribution < -0.4 is 5.32 Å². The number of fused-ring (bicyclic) bond motifs is 1. The van der Waals surface area contributed by atoms with Crippen molar-refractivity contribution in [3.63, 3.8) is 0 Å². The van der Waals surface area contributed by atoms with Crippen molar-refractivity contribution >= 4 is 23.5 Å². The third-order valence-electron chi connectivity index (χ3n) is 6.15. The molecule has 5 atom stereocenters. The summed E-state index contributed by atoms with van der Waals surface area (Å²) in [5.74, 6) is -0.373. The second-order valence-corrected chi connectivity index (χ2v) is 7.70. The summed E-state index contributed by atoms with van der Waals surface area (Å²) in [5.41, 5.74) is -1.83. The molecule has 0 spiro atoms. The van der Waals surface area contributed by atoms with Gasteiger partial charge in [-0.15, -0.1) is 11.6 Å². The van der Waals surface area contributed by atoms with Gasteiger partial charge in [-0.25, -0.2) is 4.79 Å². The van der Waals surface area contributed by atoms with E-state index in [4.69, 9.17) is 16.3 Å². The van der Waals surface area contributed by atoms with E-state index < -0.39 is 17.1 Å². The van der Waals surface area contributed by atoms with E-state index in [1.54, 1.807) is 0 Å². The monoisotopic (exact) mass is 355 g/mol. The third-order valence-corrected chi connectivity index (χ3v) is 6.37. The maximum absolute atomic E-state index is 12.6. The van der Waals surface area contributed by atoms with Crippen LogP contribution in [0.1, 0.15) is 45.4 Å². The Morgan fingerprint density at radius 3 is 2.88 bits per heavy atom. The van der Waals surface area contributed by atoms with Crippen molar-refractivity contribution in [1.82, 2.24) is 5.32 Å². The molecule has 24 heavy (non-hydrogen) atoms. The first-order chi connectivity index (χ1) is 11.5. The van der Waals surface area contributed by atoms with Gasteiger partial charge in [0.25, 0.3) is 0 Å². The van der Waals surface area contributed by atoms with E-state index in [-0.39, 0.29) is 30.3 Å². The second-order valence-electron chi connectivity index (χ2n) is 7.32. The molecule has 6 heteroatoms. The number of aliphatic hydroxyl groups is 1. The highest BCUT2D eigenvalue weighted by molar-refractivity contribution is 6.18. The van der Waals surface area contributed by atoms with E-state index in [9.17, 15) is 14.7 Å². The van der Waals surface area contributed by atoms with Gasteiger partial charge in [-0.3, -0.25) is 4.79 Å². The van der Waals surface area contributed by atoms with Gasteiger partial charge < -0.3 is 15.2 Å². The largest absolute Gasteiger partial charge is 0.453 e. The number of amides is 1. The van der Waals surface area contributed by atoms with Gasteiger partial charge in [0, 0.05) is 18.4 Å². The fourth-order valence-corrected chi connectivity index (χ4v) is 5.15. The number of rotatable bonds is 7. The quantitative estimate of drug-likeness (QED) is 0.417. The summed E-state index contributed by atoms with van der Waals surface area (Å²) in [7, 11) is 0. The fraction of sp³-hybridized carbons (Fsp3) is 0.778. The Hall–Kier alpha value is -1.07. The molecule has 0 aromatic heterocycles. The zero-order valence-corrected chi connectivity index (χ0v) is 14.8. The molecule has 1 aliphatic carbocycles. The first-order valence-corrected chi connectivity index (χ1v) is 9.43. The molecular formula is C18H26ClNO4. The SMILES string of the molecule is C[C@]12OC(=O)[C@@]1(C(CCCO)C1C=CCCC1)NC(=O)[C@H]2CCCl. The number of esters is 1. The van der Waals surface area contributed by atoms with E-state index in [2.05, 4.69) is 17.5 Å². The van der Waals surface area contributed by atoms with E-state index >= 15 is 0 Å². The van der Waals surface area contributed by atoms with Gasteiger partial charge in [0.1, 0.15) is 0 Å². The van der Waals surface area contributed by atoms with Gasteiger partial charge in [-0.05, 0) is 51.4 Å². The minimum absolute atomic E-state index is 0.0586. The van der Waals surface area contributed by atoms with Crippen LogP contribution in [0.5, 0.6) is 0 Å². The Bertz CT molecular complexity index is 551. The number of nitrogens with one attached hydrogen (secondary N) is 1. The maximum atomic E-state index is 12.6. The fourth-order valence-electron chi connectivity index (χ4n) is 4.93. The van der Waals surface area contributed by atoms with Crippen molar-refractivity contribution in [2.75, 3.05) is 12.5 Å². The maximum Gasteiger partial charge on any atom is 0.337 e. The summed E-state index contributed by atoms with van der Waals surface area (Å²) in [6.45, 7) is 1.94. The third kappa shape index (κ3) is 2.39. The summed E-state index contributed by atoms with van der Waals surface area (Å²) in [4.78, 5) is 25.2. The van der Waals surface area contributed by atoms with Crippen LogP contribution in [0.25, 0.3) is 0 Å². The zero-order chi connectivity index (χ0) is 17.4. The van der Waals surface area contributed by atoms with Crippen LogP contribution >= 0.6 is 11.6 Å². The molecule has 0 aromatic carbocycles. The molecule has 5 nitrogen and oxygen atoms in total. The lowest BCUT2D eigenvalue weighted by Gasteiger charge is -2.56. The zero-order valence-electron chi connectivity index (χ0n) is 14.1. The van der Waals surface area contributed by atoms with Gasteiger partial charge in [0.05, 0.1) is 5.92 Å². The molecule has 2 fully saturated rings. The molecule has 1 amide bonds. The van der Waals surface area contributed by atoms with E-state index in [0.29, 0.717) is 25.1 Å². The topological polar surface area (TPSA) is 75.6 Å². The molecule has 0 saturated carbocycles. The second kappa shape index (κ2) is 6.68. The lowest BCUT2D eigenvalue weighted by molar-refractivity contribution is -0.231. The minimum atomic E-state index is -0.984. The van der Waals surface area contributed by atoms with Crippen LogP contribution in [0.4, 0.5) is 0 Å². The van der Waals surface area contributed by atoms with Gasteiger partial charge in [0.2, 0.25) is 5.91 Å². The first-order valence-electron chi connectivity index (χ1n) is 8.90. The van der Waals surface area contributed by atoms with E-state index in [1.165, 1.54) is 0 Å². The van der Waals surface area contributed by atoms with E-state index in [1.807, 2.05) is 6.92 Å². The Morgan fingerprint density at radius 2 is 2.29 bits per heavy atom. The molecule has 0 bridgehead atoms. The van der Waals surface area contributed by atoms with Crippen LogP contribution in [0, 0.1) is 17.8 Å². The predicted octanol–water partition coefficient (Wildman–Crippen LogP) is 2.16. The number of hydrogen-bond donors (Lipinski definition) is 2. The molecule has 2 aliphatic heterocycles. The van der Waals surface area contributed by atoms with Crippen molar-refractivity contribution in [2.24, 2.45) is 17.8 Å². The number of halogens is 1. The van der Waals surface area contributed by atoms with Gasteiger partial charge in [-0.1, -0.05) is 12.2 Å². The molecular weight excluding hydrogens is 330 g/mol. The molecule has 3 aliphatic rings. The van der Waals surface area contributed by atoms with Crippen LogP contribution in [-0.2, 0) is 14.3 Å². The highest BCUT2D eigenvalue weighted by atomic mass is 35.5. The Balaban J connectivity index is 1.97. The first kappa shape index (κ1) is 17.7.